The standard InChI is InChI=1S/C15H23BrN4O3/c1-15(2,3)23-14(22)18-10-6-5-7-20(9-10)13(21)11-8-17-19(4)12(11)16/h8,10H,5-7,9H2,1-4H3,(H,18,22)/t10-/m1/s1. The van der Waals surface area contributed by atoms with Crippen LogP contribution in [0.4, 0.5) is 4.79 Å². The van der Waals surface area contributed by atoms with E-state index in [9.17, 15) is 9.59 Å². The predicted molar refractivity (Wildman–Crippen MR) is 89.2 cm³/mol. The molecule has 1 aliphatic heterocycles. The van der Waals surface area contributed by atoms with Gasteiger partial charge in [0.05, 0.1) is 11.8 Å². The minimum absolute atomic E-state index is 0.0827. The summed E-state index contributed by atoms with van der Waals surface area (Å²) in [4.78, 5) is 26.2. The normalized spacial score (nSPS) is 18.7. The zero-order chi connectivity index (χ0) is 17.2. The maximum Gasteiger partial charge on any atom is 0.407 e. The van der Waals surface area contributed by atoms with Crippen LogP contribution in [0.5, 0.6) is 0 Å². The number of carbonyl (C=O) groups excluding carboxylic acids is 2. The SMILES string of the molecule is Cn1ncc(C(=O)N2CCC[C@@H](NC(=O)OC(C)(C)C)C2)c1Br. The van der Waals surface area contributed by atoms with Gasteiger partial charge in [-0.2, -0.15) is 5.10 Å². The Bertz CT molecular complexity index is 594. The summed E-state index contributed by atoms with van der Waals surface area (Å²) in [6, 6.07) is -0.0991. The molecule has 0 bridgehead atoms. The molecule has 1 aliphatic rings. The first kappa shape index (κ1) is 17.8. The second-order valence-corrected chi connectivity index (χ2v) is 7.46. The summed E-state index contributed by atoms with van der Waals surface area (Å²) < 4.78 is 7.53. The van der Waals surface area contributed by atoms with Gasteiger partial charge in [-0.05, 0) is 49.5 Å². The van der Waals surface area contributed by atoms with Gasteiger partial charge in [-0.3, -0.25) is 9.48 Å². The summed E-state index contributed by atoms with van der Waals surface area (Å²) in [7, 11) is 1.77. The fraction of sp³-hybridized carbons (Fsp3) is 0.667. The van der Waals surface area contributed by atoms with E-state index >= 15 is 0 Å². The first-order valence-electron chi connectivity index (χ1n) is 7.63. The third kappa shape index (κ3) is 4.70. The molecule has 8 heteroatoms. The average molecular weight is 387 g/mol. The molecule has 23 heavy (non-hydrogen) atoms. The highest BCUT2D eigenvalue weighted by Gasteiger charge is 2.28. The lowest BCUT2D eigenvalue weighted by molar-refractivity contribution is 0.0452. The summed E-state index contributed by atoms with van der Waals surface area (Å²) in [5, 5.41) is 6.92. The average Bonchev–Trinajstić information content (AvgIpc) is 2.76. The molecule has 0 spiro atoms. The van der Waals surface area contributed by atoms with Crippen molar-refractivity contribution < 1.29 is 14.3 Å². The molecule has 0 aliphatic carbocycles. The minimum atomic E-state index is -0.533. The molecule has 1 atom stereocenters. The summed E-state index contributed by atoms with van der Waals surface area (Å²) in [6.45, 7) is 6.61. The number of aryl methyl sites for hydroxylation is 1. The van der Waals surface area contributed by atoms with Gasteiger partial charge in [0.2, 0.25) is 0 Å². The Hall–Kier alpha value is -1.57. The molecule has 2 amide bonds. The van der Waals surface area contributed by atoms with Gasteiger partial charge in [0.25, 0.3) is 5.91 Å². The molecule has 1 aromatic rings. The van der Waals surface area contributed by atoms with Gasteiger partial charge < -0.3 is 15.0 Å². The lowest BCUT2D eigenvalue weighted by Gasteiger charge is -2.33. The van der Waals surface area contributed by atoms with Gasteiger partial charge in [-0.1, -0.05) is 0 Å². The van der Waals surface area contributed by atoms with Crippen LogP contribution in [-0.2, 0) is 11.8 Å². The van der Waals surface area contributed by atoms with Crippen LogP contribution in [0.15, 0.2) is 10.8 Å². The van der Waals surface area contributed by atoms with Crippen molar-refractivity contribution in [1.29, 1.82) is 0 Å². The molecule has 0 unspecified atom stereocenters. The number of piperidine rings is 1. The van der Waals surface area contributed by atoms with Crippen molar-refractivity contribution in [3.8, 4) is 0 Å². The predicted octanol–water partition coefficient (Wildman–Crippen LogP) is 2.31. The van der Waals surface area contributed by atoms with Gasteiger partial charge in [0.1, 0.15) is 10.2 Å². The highest BCUT2D eigenvalue weighted by Crippen LogP contribution is 2.20. The van der Waals surface area contributed by atoms with Crippen LogP contribution in [0.1, 0.15) is 44.0 Å². The van der Waals surface area contributed by atoms with E-state index in [-0.39, 0.29) is 11.9 Å². The van der Waals surface area contributed by atoms with Crippen molar-refractivity contribution in [3.05, 3.63) is 16.4 Å². The zero-order valence-corrected chi connectivity index (χ0v) is 15.5. The molecule has 1 aromatic heterocycles. The Morgan fingerprint density at radius 2 is 2.13 bits per heavy atom. The van der Waals surface area contributed by atoms with Crippen molar-refractivity contribution in [2.24, 2.45) is 7.05 Å². The van der Waals surface area contributed by atoms with Crippen LogP contribution in [0.2, 0.25) is 0 Å². The molecule has 1 N–H and O–H groups in total. The third-order valence-corrected chi connectivity index (χ3v) is 4.47. The first-order chi connectivity index (χ1) is 10.7. The van der Waals surface area contributed by atoms with Crippen LogP contribution in [0, 0.1) is 0 Å². The molecule has 1 fully saturated rings. The molecule has 7 nitrogen and oxygen atoms in total. The van der Waals surface area contributed by atoms with E-state index in [4.69, 9.17) is 4.74 Å². The third-order valence-electron chi connectivity index (χ3n) is 3.53. The number of amides is 2. The van der Waals surface area contributed by atoms with E-state index in [1.807, 2.05) is 20.8 Å². The number of likely N-dealkylation sites (tertiary alicyclic amines) is 1. The lowest BCUT2D eigenvalue weighted by Crippen LogP contribution is -2.50. The van der Waals surface area contributed by atoms with Crippen LogP contribution in [-0.4, -0.2) is 51.4 Å². The number of halogens is 1. The van der Waals surface area contributed by atoms with E-state index < -0.39 is 11.7 Å². The number of carbonyl (C=O) groups is 2. The first-order valence-corrected chi connectivity index (χ1v) is 8.43. The maximum atomic E-state index is 12.6. The van der Waals surface area contributed by atoms with Crippen molar-refractivity contribution >= 4 is 27.9 Å². The number of rotatable bonds is 2. The van der Waals surface area contributed by atoms with Gasteiger partial charge in [-0.25, -0.2) is 4.79 Å². The molecule has 0 radical (unpaired) electrons. The van der Waals surface area contributed by atoms with Crippen molar-refractivity contribution in [1.82, 2.24) is 20.0 Å². The number of nitrogens with zero attached hydrogens (tertiary/aromatic N) is 3. The highest BCUT2D eigenvalue weighted by atomic mass is 79.9. The second-order valence-electron chi connectivity index (χ2n) is 6.71. The van der Waals surface area contributed by atoms with Gasteiger partial charge in [0, 0.05) is 26.2 Å². The Balaban J connectivity index is 1.97. The monoisotopic (exact) mass is 386 g/mol. The minimum Gasteiger partial charge on any atom is -0.444 e. The molecule has 1 saturated heterocycles. The largest absolute Gasteiger partial charge is 0.444 e. The van der Waals surface area contributed by atoms with E-state index in [0.29, 0.717) is 23.3 Å². The Labute approximate surface area is 144 Å². The number of alkyl carbamates (subject to hydrolysis) is 1. The molecule has 0 saturated carbocycles. The van der Waals surface area contributed by atoms with Gasteiger partial charge in [-0.15, -0.1) is 0 Å². The van der Waals surface area contributed by atoms with Crippen LogP contribution in [0.25, 0.3) is 0 Å². The fourth-order valence-corrected chi connectivity index (χ4v) is 2.85. The molecule has 128 valence electrons. The number of ether oxygens (including phenoxy) is 1. The molecule has 2 rings (SSSR count). The quantitative estimate of drug-likeness (QED) is 0.845. The van der Waals surface area contributed by atoms with Crippen molar-refractivity contribution in [3.63, 3.8) is 0 Å². The van der Waals surface area contributed by atoms with E-state index in [1.165, 1.54) is 0 Å². The molecular weight excluding hydrogens is 364 g/mol. The summed E-state index contributed by atoms with van der Waals surface area (Å²) >= 11 is 3.37. The van der Waals surface area contributed by atoms with Crippen molar-refractivity contribution in [2.75, 3.05) is 13.1 Å². The van der Waals surface area contributed by atoms with Crippen LogP contribution < -0.4 is 5.32 Å². The summed E-state index contributed by atoms with van der Waals surface area (Å²) in [6.07, 6.45) is 2.78. The second kappa shape index (κ2) is 6.90. The van der Waals surface area contributed by atoms with Crippen LogP contribution >= 0.6 is 15.9 Å². The number of aromatic nitrogens is 2. The van der Waals surface area contributed by atoms with Crippen LogP contribution in [0.3, 0.4) is 0 Å². The molecule has 2 heterocycles. The highest BCUT2D eigenvalue weighted by molar-refractivity contribution is 9.10. The Kier molecular flexibility index (Phi) is 5.33. The van der Waals surface area contributed by atoms with Crippen molar-refractivity contribution in [2.45, 2.75) is 45.3 Å². The smallest absolute Gasteiger partial charge is 0.407 e. The zero-order valence-electron chi connectivity index (χ0n) is 13.9. The van der Waals surface area contributed by atoms with Gasteiger partial charge in [0.15, 0.2) is 0 Å². The van der Waals surface area contributed by atoms with E-state index in [0.717, 1.165) is 12.8 Å². The number of hydrogen-bond acceptors (Lipinski definition) is 4. The topological polar surface area (TPSA) is 76.5 Å². The van der Waals surface area contributed by atoms with E-state index in [1.54, 1.807) is 22.8 Å². The maximum absolute atomic E-state index is 12.6. The summed E-state index contributed by atoms with van der Waals surface area (Å²) in [5.74, 6) is -0.0827. The summed E-state index contributed by atoms with van der Waals surface area (Å²) in [5.41, 5.74) is -0.000113. The molecular formula is C15H23BrN4O3. The molecule has 0 aromatic carbocycles. The number of hydrogen-bond donors (Lipinski definition) is 1. The lowest BCUT2D eigenvalue weighted by atomic mass is 10.1. The van der Waals surface area contributed by atoms with Gasteiger partial charge >= 0.3 is 6.09 Å². The Morgan fingerprint density at radius 3 is 2.70 bits per heavy atom. The Morgan fingerprint density at radius 1 is 1.43 bits per heavy atom. The fourth-order valence-electron chi connectivity index (χ4n) is 2.49. The number of nitrogens with one attached hydrogen (secondary N) is 1. The van der Waals surface area contributed by atoms with E-state index in [2.05, 4.69) is 26.3 Å².